The van der Waals surface area contributed by atoms with Crippen LogP contribution in [0.25, 0.3) is 0 Å². The molecule has 4 heteroatoms. The van der Waals surface area contributed by atoms with Crippen molar-refractivity contribution in [1.29, 1.82) is 0 Å². The summed E-state index contributed by atoms with van der Waals surface area (Å²) in [5.41, 5.74) is 0.574. The molecule has 106 valence electrons. The maximum Gasteiger partial charge on any atom is 0.156 e. The smallest absolute Gasteiger partial charge is 0.156 e. The van der Waals surface area contributed by atoms with Crippen LogP contribution in [-0.4, -0.2) is 47.5 Å². The van der Waals surface area contributed by atoms with Crippen molar-refractivity contribution >= 4 is 16.9 Å². The molecule has 19 heavy (non-hydrogen) atoms. The van der Waals surface area contributed by atoms with Gasteiger partial charge in [-0.15, -0.1) is 0 Å². The molecule has 1 spiro atoms. The summed E-state index contributed by atoms with van der Waals surface area (Å²) in [5.74, 6) is 1.31. The summed E-state index contributed by atoms with van der Waals surface area (Å²) in [6, 6.07) is 1.47. The summed E-state index contributed by atoms with van der Waals surface area (Å²) in [7, 11) is 0. The molecule has 3 aliphatic heterocycles. The highest BCUT2D eigenvalue weighted by molar-refractivity contribution is 8.13. The lowest BCUT2D eigenvalue weighted by atomic mass is 9.89. The quantitative estimate of drug-likeness (QED) is 0.799. The van der Waals surface area contributed by atoms with Gasteiger partial charge in [0.25, 0.3) is 0 Å². The molecule has 4 rings (SSSR count). The van der Waals surface area contributed by atoms with Gasteiger partial charge in [0, 0.05) is 30.9 Å². The Morgan fingerprint density at radius 1 is 1.16 bits per heavy atom. The van der Waals surface area contributed by atoms with Crippen molar-refractivity contribution in [2.45, 2.75) is 57.0 Å². The van der Waals surface area contributed by atoms with Gasteiger partial charge < -0.3 is 5.32 Å². The minimum atomic E-state index is 0.574. The van der Waals surface area contributed by atoms with Gasteiger partial charge in [-0.3, -0.25) is 9.89 Å². The van der Waals surface area contributed by atoms with Crippen LogP contribution in [0.2, 0.25) is 0 Å². The molecule has 4 aliphatic rings. The fourth-order valence-electron chi connectivity index (χ4n) is 4.48. The minimum absolute atomic E-state index is 0.574. The van der Waals surface area contributed by atoms with Crippen molar-refractivity contribution in [1.82, 2.24) is 10.2 Å². The standard InChI is InChI=1S/C15H25N3S/c1-2-7-15(6-1)10-16-14(19-11-15)17-12-5-9-18-8-3-4-13(12)18/h12-13H,1-11H2,(H,16,17). The van der Waals surface area contributed by atoms with E-state index in [2.05, 4.69) is 10.2 Å². The van der Waals surface area contributed by atoms with Gasteiger partial charge in [-0.25, -0.2) is 0 Å². The molecule has 3 fully saturated rings. The fourth-order valence-corrected chi connectivity index (χ4v) is 5.69. The second-order valence-corrected chi connectivity index (χ2v) is 7.87. The van der Waals surface area contributed by atoms with E-state index in [1.807, 2.05) is 11.8 Å². The van der Waals surface area contributed by atoms with Gasteiger partial charge in [0.15, 0.2) is 5.17 Å². The molecule has 3 heterocycles. The van der Waals surface area contributed by atoms with E-state index in [-0.39, 0.29) is 0 Å². The average Bonchev–Trinajstić information content (AvgIpc) is 3.11. The van der Waals surface area contributed by atoms with Crippen LogP contribution in [0.15, 0.2) is 4.99 Å². The van der Waals surface area contributed by atoms with Crippen LogP contribution < -0.4 is 5.32 Å². The molecule has 2 saturated heterocycles. The van der Waals surface area contributed by atoms with Crippen molar-refractivity contribution in [3.63, 3.8) is 0 Å². The molecule has 0 aromatic heterocycles. The second-order valence-electron chi connectivity index (χ2n) is 6.90. The SMILES string of the molecule is C1CC2C(NC3=NCC4(CCCC4)CS3)CCN2C1. The van der Waals surface area contributed by atoms with Gasteiger partial charge in [-0.1, -0.05) is 24.6 Å². The first kappa shape index (κ1) is 12.5. The highest BCUT2D eigenvalue weighted by Gasteiger charge is 2.40. The van der Waals surface area contributed by atoms with Crippen molar-refractivity contribution in [3.05, 3.63) is 0 Å². The molecular weight excluding hydrogens is 254 g/mol. The van der Waals surface area contributed by atoms with Crippen molar-refractivity contribution in [2.75, 3.05) is 25.4 Å². The summed E-state index contributed by atoms with van der Waals surface area (Å²) in [5, 5.41) is 5.01. The number of hydrogen-bond donors (Lipinski definition) is 1. The zero-order valence-electron chi connectivity index (χ0n) is 11.7. The third-order valence-electron chi connectivity index (χ3n) is 5.65. The third kappa shape index (κ3) is 2.31. The van der Waals surface area contributed by atoms with Crippen LogP contribution >= 0.6 is 11.8 Å². The number of nitrogens with one attached hydrogen (secondary N) is 1. The topological polar surface area (TPSA) is 27.6 Å². The Morgan fingerprint density at radius 2 is 2.05 bits per heavy atom. The van der Waals surface area contributed by atoms with Crippen LogP contribution in [0, 0.1) is 5.41 Å². The van der Waals surface area contributed by atoms with Crippen LogP contribution in [-0.2, 0) is 0 Å². The molecule has 0 amide bonds. The van der Waals surface area contributed by atoms with Gasteiger partial charge in [-0.2, -0.15) is 0 Å². The van der Waals surface area contributed by atoms with Crippen LogP contribution in [0.3, 0.4) is 0 Å². The summed E-state index contributed by atoms with van der Waals surface area (Å²) in [4.78, 5) is 7.56. The molecule has 3 nitrogen and oxygen atoms in total. The molecule has 0 aromatic carbocycles. The maximum absolute atomic E-state index is 4.89. The second kappa shape index (κ2) is 4.96. The number of rotatable bonds is 1. The summed E-state index contributed by atoms with van der Waals surface area (Å²) in [6.45, 7) is 3.71. The number of nitrogens with zero attached hydrogens (tertiary/aromatic N) is 2. The molecule has 1 saturated carbocycles. The molecule has 0 radical (unpaired) electrons. The Hall–Kier alpha value is -0.220. The lowest BCUT2D eigenvalue weighted by Crippen LogP contribution is -2.43. The monoisotopic (exact) mass is 279 g/mol. The molecule has 1 N–H and O–H groups in total. The maximum atomic E-state index is 4.89. The van der Waals surface area contributed by atoms with Crippen LogP contribution in [0.5, 0.6) is 0 Å². The first-order valence-corrected chi connectivity index (χ1v) is 9.01. The molecular formula is C15H25N3S. The van der Waals surface area contributed by atoms with Crippen LogP contribution in [0.1, 0.15) is 44.9 Å². The highest BCUT2D eigenvalue weighted by atomic mass is 32.2. The van der Waals surface area contributed by atoms with Crippen LogP contribution in [0.4, 0.5) is 0 Å². The predicted octanol–water partition coefficient (Wildman–Crippen LogP) is 2.48. The number of thioether (sulfide) groups is 1. The Morgan fingerprint density at radius 3 is 2.84 bits per heavy atom. The Labute approximate surface area is 120 Å². The zero-order chi connectivity index (χ0) is 12.7. The van der Waals surface area contributed by atoms with E-state index >= 15 is 0 Å². The molecule has 2 atom stereocenters. The molecule has 0 aromatic rings. The van der Waals surface area contributed by atoms with Gasteiger partial charge in [0.1, 0.15) is 0 Å². The number of fused-ring (bicyclic) bond motifs is 1. The Kier molecular flexibility index (Phi) is 3.27. The van der Waals surface area contributed by atoms with Gasteiger partial charge >= 0.3 is 0 Å². The first-order valence-electron chi connectivity index (χ1n) is 8.03. The fraction of sp³-hybridized carbons (Fsp3) is 0.933. The largest absolute Gasteiger partial charge is 0.361 e. The third-order valence-corrected chi connectivity index (χ3v) is 6.93. The van der Waals surface area contributed by atoms with Crippen molar-refractivity contribution < 1.29 is 0 Å². The van der Waals surface area contributed by atoms with E-state index < -0.39 is 0 Å². The van der Waals surface area contributed by atoms with E-state index in [4.69, 9.17) is 4.99 Å². The number of hydrogen-bond acceptors (Lipinski definition) is 4. The van der Waals surface area contributed by atoms with Gasteiger partial charge in [0.05, 0.1) is 0 Å². The lowest BCUT2D eigenvalue weighted by molar-refractivity contribution is 0.308. The van der Waals surface area contributed by atoms with E-state index in [0.29, 0.717) is 11.5 Å². The van der Waals surface area contributed by atoms with E-state index in [9.17, 15) is 0 Å². The van der Waals surface area contributed by atoms with E-state index in [1.165, 1.54) is 69.0 Å². The summed E-state index contributed by atoms with van der Waals surface area (Å²) >= 11 is 2.00. The lowest BCUT2D eigenvalue weighted by Gasteiger charge is -2.32. The first-order chi connectivity index (χ1) is 9.35. The number of amidine groups is 1. The van der Waals surface area contributed by atoms with Crippen molar-refractivity contribution in [2.24, 2.45) is 10.4 Å². The zero-order valence-corrected chi connectivity index (χ0v) is 12.6. The molecule has 2 unspecified atom stereocenters. The highest BCUT2D eigenvalue weighted by Crippen LogP contribution is 2.43. The summed E-state index contributed by atoms with van der Waals surface area (Å²) < 4.78 is 0. The predicted molar refractivity (Wildman–Crippen MR) is 81.8 cm³/mol. The van der Waals surface area contributed by atoms with Gasteiger partial charge in [0.2, 0.25) is 0 Å². The van der Waals surface area contributed by atoms with E-state index in [1.54, 1.807) is 0 Å². The minimum Gasteiger partial charge on any atom is -0.361 e. The molecule has 1 aliphatic carbocycles. The average molecular weight is 279 g/mol. The van der Waals surface area contributed by atoms with Crippen molar-refractivity contribution in [3.8, 4) is 0 Å². The number of aliphatic imine (C=N–C) groups is 1. The Balaban J connectivity index is 1.37. The summed E-state index contributed by atoms with van der Waals surface area (Å²) in [6.07, 6.45) is 9.78. The van der Waals surface area contributed by atoms with Gasteiger partial charge in [-0.05, 0) is 44.1 Å². The Bertz CT molecular complexity index is 376. The van der Waals surface area contributed by atoms with E-state index in [0.717, 1.165) is 12.6 Å². The molecule has 0 bridgehead atoms. The normalized spacial score (nSPS) is 37.6.